The average Bonchev–Trinajstić information content (AvgIpc) is 2.67. The van der Waals surface area contributed by atoms with Gasteiger partial charge in [0.1, 0.15) is 5.70 Å². The lowest BCUT2D eigenvalue weighted by Gasteiger charge is -2.10. The molecule has 2 aromatic rings. The van der Waals surface area contributed by atoms with E-state index in [0.29, 0.717) is 5.69 Å². The van der Waals surface area contributed by atoms with Gasteiger partial charge in [-0.15, -0.1) is 0 Å². The minimum absolute atomic E-state index is 0.0695. The van der Waals surface area contributed by atoms with Gasteiger partial charge >= 0.3 is 17.9 Å². The summed E-state index contributed by atoms with van der Waals surface area (Å²) in [6.07, 6.45) is 0.996. The number of ether oxygens (including phenoxy) is 2. The second-order valence-corrected chi connectivity index (χ2v) is 5.16. The minimum Gasteiger partial charge on any atom is -0.478 e. The lowest BCUT2D eigenvalue weighted by atomic mass is 10.0. The topological polar surface area (TPSA) is 102 Å². The summed E-state index contributed by atoms with van der Waals surface area (Å²) in [5.41, 5.74) is 2.22. The number of benzene rings is 2. The van der Waals surface area contributed by atoms with Crippen molar-refractivity contribution in [3.8, 4) is 11.1 Å². The quantitative estimate of drug-likeness (QED) is 0.607. The molecule has 0 radical (unpaired) electrons. The lowest BCUT2D eigenvalue weighted by molar-refractivity contribution is -0.138. The number of carboxylic acid groups (broad SMARTS) is 1. The van der Waals surface area contributed by atoms with Crippen LogP contribution in [0, 0.1) is 0 Å². The third-order valence-corrected chi connectivity index (χ3v) is 3.48. The Kier molecular flexibility index (Phi) is 6.10. The van der Waals surface area contributed by atoms with E-state index in [-0.39, 0.29) is 11.3 Å². The van der Waals surface area contributed by atoms with Crippen molar-refractivity contribution in [3.05, 3.63) is 65.9 Å². The molecule has 2 N–H and O–H groups in total. The van der Waals surface area contributed by atoms with Crippen molar-refractivity contribution in [3.63, 3.8) is 0 Å². The van der Waals surface area contributed by atoms with E-state index in [4.69, 9.17) is 5.11 Å². The number of aromatic carboxylic acids is 1. The van der Waals surface area contributed by atoms with Crippen LogP contribution in [0.25, 0.3) is 11.1 Å². The molecule has 0 saturated heterocycles. The van der Waals surface area contributed by atoms with Gasteiger partial charge in [-0.05, 0) is 35.4 Å². The van der Waals surface area contributed by atoms with Crippen LogP contribution in [-0.4, -0.2) is 37.2 Å². The average molecular weight is 355 g/mol. The van der Waals surface area contributed by atoms with E-state index in [0.717, 1.165) is 17.2 Å². The van der Waals surface area contributed by atoms with E-state index in [2.05, 4.69) is 14.8 Å². The number of hydrogen-bond donors (Lipinski definition) is 2. The van der Waals surface area contributed by atoms with Gasteiger partial charge in [0.2, 0.25) is 0 Å². The lowest BCUT2D eigenvalue weighted by Crippen LogP contribution is -2.15. The zero-order chi connectivity index (χ0) is 19.1. The van der Waals surface area contributed by atoms with Crippen molar-refractivity contribution in [1.29, 1.82) is 0 Å². The predicted molar refractivity (Wildman–Crippen MR) is 94.6 cm³/mol. The first-order chi connectivity index (χ1) is 12.4. The number of carboxylic acids is 1. The van der Waals surface area contributed by atoms with Crippen molar-refractivity contribution in [2.45, 2.75) is 0 Å². The van der Waals surface area contributed by atoms with Crippen LogP contribution in [-0.2, 0) is 19.1 Å². The van der Waals surface area contributed by atoms with Crippen LogP contribution >= 0.6 is 0 Å². The van der Waals surface area contributed by atoms with Gasteiger partial charge in [0.15, 0.2) is 0 Å². The first-order valence-corrected chi connectivity index (χ1v) is 7.53. The van der Waals surface area contributed by atoms with Crippen molar-refractivity contribution in [2.24, 2.45) is 0 Å². The fourth-order valence-corrected chi connectivity index (χ4v) is 2.17. The second kappa shape index (κ2) is 8.48. The van der Waals surface area contributed by atoms with Crippen LogP contribution in [0.4, 0.5) is 5.69 Å². The molecule has 0 aliphatic rings. The van der Waals surface area contributed by atoms with Gasteiger partial charge in [0.25, 0.3) is 0 Å². The zero-order valence-corrected chi connectivity index (χ0v) is 14.2. The SMILES string of the molecule is COC(=O)/C=C(/Nc1ccc(-c2cccc(C(=O)O)c2)cc1)C(=O)OC. The molecule has 0 saturated carbocycles. The molecule has 0 fully saturated rings. The van der Waals surface area contributed by atoms with E-state index in [9.17, 15) is 14.4 Å². The number of rotatable bonds is 6. The summed E-state index contributed by atoms with van der Waals surface area (Å²) >= 11 is 0. The van der Waals surface area contributed by atoms with Crippen molar-refractivity contribution in [1.82, 2.24) is 0 Å². The van der Waals surface area contributed by atoms with Gasteiger partial charge < -0.3 is 19.9 Å². The summed E-state index contributed by atoms with van der Waals surface area (Å²) in [6, 6.07) is 13.5. The highest BCUT2D eigenvalue weighted by atomic mass is 16.5. The van der Waals surface area contributed by atoms with Crippen molar-refractivity contribution in [2.75, 3.05) is 19.5 Å². The molecule has 0 aromatic heterocycles. The molecule has 7 heteroatoms. The Hall–Kier alpha value is -3.61. The van der Waals surface area contributed by atoms with Crippen molar-refractivity contribution >= 4 is 23.6 Å². The molecule has 134 valence electrons. The van der Waals surface area contributed by atoms with E-state index in [1.807, 2.05) is 0 Å². The molecular weight excluding hydrogens is 338 g/mol. The highest BCUT2D eigenvalue weighted by Crippen LogP contribution is 2.23. The Morgan fingerprint density at radius 1 is 0.962 bits per heavy atom. The molecule has 0 bridgehead atoms. The van der Waals surface area contributed by atoms with Crippen molar-refractivity contribution < 1.29 is 29.0 Å². The molecule has 0 aliphatic carbocycles. The third-order valence-electron chi connectivity index (χ3n) is 3.48. The maximum Gasteiger partial charge on any atom is 0.354 e. The number of hydrogen-bond acceptors (Lipinski definition) is 6. The number of anilines is 1. The van der Waals surface area contributed by atoms with Gasteiger partial charge in [-0.2, -0.15) is 0 Å². The predicted octanol–water partition coefficient (Wildman–Crippen LogP) is 2.69. The third kappa shape index (κ3) is 4.70. The molecule has 2 rings (SSSR count). The van der Waals surface area contributed by atoms with Gasteiger partial charge in [-0.3, -0.25) is 0 Å². The molecule has 0 amide bonds. The Labute approximate surface area is 149 Å². The van der Waals surface area contributed by atoms with Gasteiger partial charge in [-0.25, -0.2) is 14.4 Å². The summed E-state index contributed by atoms with van der Waals surface area (Å²) in [5.74, 6) is -2.41. The maximum atomic E-state index is 11.7. The summed E-state index contributed by atoms with van der Waals surface area (Å²) in [7, 11) is 2.40. The largest absolute Gasteiger partial charge is 0.478 e. The highest BCUT2D eigenvalue weighted by molar-refractivity contribution is 5.98. The van der Waals surface area contributed by atoms with Crippen LogP contribution in [0.2, 0.25) is 0 Å². The first kappa shape index (κ1) is 18.7. The number of esters is 2. The molecule has 0 aliphatic heterocycles. The summed E-state index contributed by atoms with van der Waals surface area (Å²) < 4.78 is 9.13. The highest BCUT2D eigenvalue weighted by Gasteiger charge is 2.13. The van der Waals surface area contributed by atoms with Gasteiger partial charge in [-0.1, -0.05) is 24.3 Å². The number of carbonyl (C=O) groups excluding carboxylic acids is 2. The fourth-order valence-electron chi connectivity index (χ4n) is 2.17. The monoisotopic (exact) mass is 355 g/mol. The first-order valence-electron chi connectivity index (χ1n) is 7.53. The zero-order valence-electron chi connectivity index (χ0n) is 14.2. The number of methoxy groups -OCH3 is 2. The summed E-state index contributed by atoms with van der Waals surface area (Å²) in [5, 5.41) is 11.9. The van der Waals surface area contributed by atoms with E-state index in [1.54, 1.807) is 42.5 Å². The summed E-state index contributed by atoms with van der Waals surface area (Å²) in [6.45, 7) is 0. The summed E-state index contributed by atoms with van der Waals surface area (Å²) in [4.78, 5) is 34.2. The molecule has 0 atom stereocenters. The molecule has 7 nitrogen and oxygen atoms in total. The minimum atomic E-state index is -0.999. The molecular formula is C19H17NO6. The smallest absolute Gasteiger partial charge is 0.354 e. The normalized spacial score (nSPS) is 10.8. The fraction of sp³-hybridized carbons (Fsp3) is 0.105. The maximum absolute atomic E-state index is 11.7. The molecule has 0 spiro atoms. The number of carbonyl (C=O) groups is 3. The van der Waals surface area contributed by atoms with Crippen LogP contribution in [0.1, 0.15) is 10.4 Å². The standard InChI is InChI=1S/C19H17NO6/c1-25-17(21)11-16(19(24)26-2)20-15-8-6-12(7-9-15)13-4-3-5-14(10-13)18(22)23/h3-11,20H,1-2H3,(H,22,23)/b16-11+. The van der Waals surface area contributed by atoms with E-state index >= 15 is 0 Å². The second-order valence-electron chi connectivity index (χ2n) is 5.16. The van der Waals surface area contributed by atoms with Crippen LogP contribution in [0.3, 0.4) is 0 Å². The Morgan fingerprint density at radius 3 is 2.23 bits per heavy atom. The van der Waals surface area contributed by atoms with E-state index < -0.39 is 17.9 Å². The molecule has 2 aromatic carbocycles. The van der Waals surface area contributed by atoms with Gasteiger partial charge in [0, 0.05) is 5.69 Å². The Morgan fingerprint density at radius 2 is 1.65 bits per heavy atom. The molecule has 26 heavy (non-hydrogen) atoms. The molecule has 0 unspecified atom stereocenters. The Balaban J connectivity index is 2.24. The van der Waals surface area contributed by atoms with E-state index in [1.165, 1.54) is 20.3 Å². The molecule has 0 heterocycles. The van der Waals surface area contributed by atoms with Crippen LogP contribution < -0.4 is 5.32 Å². The number of nitrogens with one attached hydrogen (secondary N) is 1. The van der Waals surface area contributed by atoms with Crippen LogP contribution in [0.15, 0.2) is 60.3 Å². The van der Waals surface area contributed by atoms with Gasteiger partial charge in [0.05, 0.1) is 25.9 Å². The van der Waals surface area contributed by atoms with Crippen LogP contribution in [0.5, 0.6) is 0 Å². The Bertz CT molecular complexity index is 855.